The SMILES string of the molecule is CC.CN1c2ccccc2CC1C=O. The zero-order chi connectivity index (χ0) is 10.6. The number of anilines is 1. The van der Waals surface area contributed by atoms with Crippen molar-refractivity contribution in [2.75, 3.05) is 11.9 Å². The Labute approximate surface area is 85.5 Å². The molecule has 0 N–H and O–H groups in total. The normalized spacial score (nSPS) is 18.2. The van der Waals surface area contributed by atoms with Gasteiger partial charge in [-0.3, -0.25) is 0 Å². The van der Waals surface area contributed by atoms with Crippen LogP contribution in [-0.4, -0.2) is 19.4 Å². The van der Waals surface area contributed by atoms with Crippen LogP contribution in [0.5, 0.6) is 0 Å². The van der Waals surface area contributed by atoms with E-state index in [1.54, 1.807) is 0 Å². The van der Waals surface area contributed by atoms with E-state index in [1.807, 2.05) is 37.9 Å². The van der Waals surface area contributed by atoms with Crippen molar-refractivity contribution in [2.24, 2.45) is 0 Å². The fraction of sp³-hybridized carbons (Fsp3) is 0.417. The van der Waals surface area contributed by atoms with Crippen LogP contribution >= 0.6 is 0 Å². The number of aldehydes is 1. The second kappa shape index (κ2) is 4.80. The summed E-state index contributed by atoms with van der Waals surface area (Å²) in [4.78, 5) is 12.7. The highest BCUT2D eigenvalue weighted by molar-refractivity contribution is 5.72. The molecule has 0 radical (unpaired) electrons. The van der Waals surface area contributed by atoms with E-state index >= 15 is 0 Å². The van der Waals surface area contributed by atoms with Crippen molar-refractivity contribution in [3.63, 3.8) is 0 Å². The van der Waals surface area contributed by atoms with Crippen LogP contribution in [0.4, 0.5) is 5.69 Å². The lowest BCUT2D eigenvalue weighted by molar-refractivity contribution is -0.108. The van der Waals surface area contributed by atoms with Gasteiger partial charge in [-0.25, -0.2) is 0 Å². The number of fused-ring (bicyclic) bond motifs is 1. The molecule has 1 aromatic carbocycles. The molecule has 0 saturated carbocycles. The van der Waals surface area contributed by atoms with Crippen molar-refractivity contribution in [1.29, 1.82) is 0 Å². The van der Waals surface area contributed by atoms with Crippen LogP contribution < -0.4 is 4.90 Å². The van der Waals surface area contributed by atoms with Crippen LogP contribution in [0.15, 0.2) is 24.3 Å². The highest BCUT2D eigenvalue weighted by Crippen LogP contribution is 2.29. The Morgan fingerprint density at radius 1 is 1.36 bits per heavy atom. The van der Waals surface area contributed by atoms with E-state index < -0.39 is 0 Å². The van der Waals surface area contributed by atoms with E-state index in [4.69, 9.17) is 0 Å². The van der Waals surface area contributed by atoms with E-state index in [0.29, 0.717) is 0 Å². The van der Waals surface area contributed by atoms with Crippen LogP contribution in [0.1, 0.15) is 19.4 Å². The molecule has 0 saturated heterocycles. The van der Waals surface area contributed by atoms with E-state index in [2.05, 4.69) is 12.1 Å². The van der Waals surface area contributed by atoms with Crippen LogP contribution in [-0.2, 0) is 11.2 Å². The van der Waals surface area contributed by atoms with Gasteiger partial charge in [-0.2, -0.15) is 0 Å². The molecular weight excluding hydrogens is 174 g/mol. The largest absolute Gasteiger partial charge is 0.364 e. The number of rotatable bonds is 1. The molecule has 1 aliphatic rings. The van der Waals surface area contributed by atoms with Gasteiger partial charge in [-0.15, -0.1) is 0 Å². The van der Waals surface area contributed by atoms with Crippen LogP contribution in [0, 0.1) is 0 Å². The smallest absolute Gasteiger partial charge is 0.142 e. The quantitative estimate of drug-likeness (QED) is 0.635. The first-order valence-electron chi connectivity index (χ1n) is 5.09. The number of nitrogens with zero attached hydrogens (tertiary/aromatic N) is 1. The maximum atomic E-state index is 10.6. The molecule has 0 amide bonds. The summed E-state index contributed by atoms with van der Waals surface area (Å²) in [6.45, 7) is 4.00. The monoisotopic (exact) mass is 191 g/mol. The molecule has 2 heteroatoms. The number of hydrogen-bond acceptors (Lipinski definition) is 2. The molecule has 0 aromatic heterocycles. The van der Waals surface area contributed by atoms with Crippen LogP contribution in [0.2, 0.25) is 0 Å². The van der Waals surface area contributed by atoms with E-state index in [0.717, 1.165) is 12.7 Å². The summed E-state index contributed by atoms with van der Waals surface area (Å²) in [5.41, 5.74) is 2.46. The first kappa shape index (κ1) is 10.8. The van der Waals surface area contributed by atoms with Gasteiger partial charge in [0, 0.05) is 19.2 Å². The average Bonchev–Trinajstić information content (AvgIpc) is 2.59. The van der Waals surface area contributed by atoms with Crippen LogP contribution in [0.3, 0.4) is 0 Å². The summed E-state index contributed by atoms with van der Waals surface area (Å²) < 4.78 is 0. The molecule has 2 nitrogen and oxygen atoms in total. The third-order valence-corrected chi connectivity index (χ3v) is 2.46. The van der Waals surface area contributed by atoms with Gasteiger partial charge in [0.2, 0.25) is 0 Å². The first-order chi connectivity index (χ1) is 6.83. The molecule has 1 aromatic rings. The molecule has 1 aliphatic heterocycles. The molecule has 1 unspecified atom stereocenters. The maximum Gasteiger partial charge on any atom is 0.142 e. The number of carbonyl (C=O) groups is 1. The van der Waals surface area contributed by atoms with Crippen LogP contribution in [0.25, 0.3) is 0 Å². The Hall–Kier alpha value is -1.31. The first-order valence-corrected chi connectivity index (χ1v) is 5.09. The molecule has 14 heavy (non-hydrogen) atoms. The molecule has 76 valence electrons. The predicted molar refractivity (Wildman–Crippen MR) is 59.7 cm³/mol. The molecule has 2 rings (SSSR count). The van der Waals surface area contributed by atoms with Gasteiger partial charge in [-0.1, -0.05) is 32.0 Å². The van der Waals surface area contributed by atoms with Gasteiger partial charge in [0.25, 0.3) is 0 Å². The Balaban J connectivity index is 0.000000461. The third-order valence-electron chi connectivity index (χ3n) is 2.46. The van der Waals surface area contributed by atoms with Gasteiger partial charge in [0.05, 0.1) is 6.04 Å². The summed E-state index contributed by atoms with van der Waals surface area (Å²) in [6, 6.07) is 8.19. The molecule has 0 spiro atoms. The predicted octanol–water partition coefficient (Wildman–Crippen LogP) is 2.27. The zero-order valence-corrected chi connectivity index (χ0v) is 9.03. The van der Waals surface area contributed by atoms with Crippen molar-refractivity contribution in [3.05, 3.63) is 29.8 Å². The number of benzene rings is 1. The fourth-order valence-electron chi connectivity index (χ4n) is 1.71. The van der Waals surface area contributed by atoms with Gasteiger partial charge >= 0.3 is 0 Å². The van der Waals surface area contributed by atoms with E-state index in [1.165, 1.54) is 11.3 Å². The van der Waals surface area contributed by atoms with Gasteiger partial charge in [-0.05, 0) is 11.6 Å². The second-order valence-corrected chi connectivity index (χ2v) is 3.15. The molecule has 0 fully saturated rings. The highest BCUT2D eigenvalue weighted by Gasteiger charge is 2.24. The number of carbonyl (C=O) groups excluding carboxylic acids is 1. The van der Waals surface area contributed by atoms with Gasteiger partial charge in [0.15, 0.2) is 0 Å². The fourth-order valence-corrected chi connectivity index (χ4v) is 1.71. The number of hydrogen-bond donors (Lipinski definition) is 0. The second-order valence-electron chi connectivity index (χ2n) is 3.15. The van der Waals surface area contributed by atoms with Crippen molar-refractivity contribution in [3.8, 4) is 0 Å². The van der Waals surface area contributed by atoms with Crippen molar-refractivity contribution >= 4 is 12.0 Å². The Bertz CT molecular complexity index is 309. The Morgan fingerprint density at radius 2 is 2.00 bits per heavy atom. The lowest BCUT2D eigenvalue weighted by atomic mass is 10.1. The maximum absolute atomic E-state index is 10.6. The summed E-state index contributed by atoms with van der Waals surface area (Å²) in [5, 5.41) is 0. The van der Waals surface area contributed by atoms with Crippen molar-refractivity contribution in [2.45, 2.75) is 26.3 Å². The molecule has 0 bridgehead atoms. The lowest BCUT2D eigenvalue weighted by Crippen LogP contribution is -2.28. The molecule has 0 aliphatic carbocycles. The van der Waals surface area contributed by atoms with Crippen molar-refractivity contribution in [1.82, 2.24) is 0 Å². The van der Waals surface area contributed by atoms with Gasteiger partial charge < -0.3 is 9.69 Å². The number of para-hydroxylation sites is 1. The van der Waals surface area contributed by atoms with Gasteiger partial charge in [0.1, 0.15) is 6.29 Å². The van der Waals surface area contributed by atoms with E-state index in [-0.39, 0.29) is 6.04 Å². The average molecular weight is 191 g/mol. The Kier molecular flexibility index (Phi) is 3.69. The third kappa shape index (κ3) is 1.79. The highest BCUT2D eigenvalue weighted by atomic mass is 16.1. The lowest BCUT2D eigenvalue weighted by Gasteiger charge is -2.16. The molecular formula is C12H17NO. The Morgan fingerprint density at radius 3 is 2.57 bits per heavy atom. The molecule has 1 atom stereocenters. The summed E-state index contributed by atoms with van der Waals surface area (Å²) >= 11 is 0. The number of likely N-dealkylation sites (N-methyl/N-ethyl adjacent to an activating group) is 1. The standard InChI is InChI=1S/C10H11NO.C2H6/c1-11-9(7-12)6-8-4-2-3-5-10(8)11;1-2/h2-5,7,9H,6H2,1H3;1-2H3. The minimum Gasteiger partial charge on any atom is -0.364 e. The zero-order valence-electron chi connectivity index (χ0n) is 9.03. The minimum atomic E-state index is 0.0439. The summed E-state index contributed by atoms with van der Waals surface area (Å²) in [5.74, 6) is 0. The van der Waals surface area contributed by atoms with E-state index in [9.17, 15) is 4.79 Å². The van der Waals surface area contributed by atoms with Crippen molar-refractivity contribution < 1.29 is 4.79 Å². The summed E-state index contributed by atoms with van der Waals surface area (Å²) in [6.07, 6.45) is 1.87. The summed E-state index contributed by atoms with van der Waals surface area (Å²) in [7, 11) is 1.96. The minimum absolute atomic E-state index is 0.0439. The topological polar surface area (TPSA) is 20.3 Å². The molecule has 1 heterocycles.